The van der Waals surface area contributed by atoms with Crippen LogP contribution in [0.1, 0.15) is 26.2 Å². The van der Waals surface area contributed by atoms with Gasteiger partial charge in [0.15, 0.2) is 0 Å². The van der Waals surface area contributed by atoms with E-state index in [1.807, 2.05) is 6.92 Å². The SMILES string of the molecule is C[C@@H]1CCCCN1/[N+]([O-])=N/Oc1ccc([N+](=O)[O-])cc1[N+](=O)[O-]. The van der Waals surface area contributed by atoms with Gasteiger partial charge in [0.1, 0.15) is 0 Å². The fourth-order valence-electron chi connectivity index (χ4n) is 2.30. The molecule has 2 rings (SSSR count). The minimum Gasteiger partial charge on any atom is -0.569 e. The molecule has 0 bridgehead atoms. The number of nitro benzene ring substituents is 2. The summed E-state index contributed by atoms with van der Waals surface area (Å²) < 4.78 is 0. The van der Waals surface area contributed by atoms with Crippen LogP contribution in [0.4, 0.5) is 11.4 Å². The summed E-state index contributed by atoms with van der Waals surface area (Å²) in [5.41, 5.74) is -1.09. The molecule has 0 unspecified atom stereocenters. The fraction of sp³-hybridized carbons (Fsp3) is 0.500. The van der Waals surface area contributed by atoms with Crippen LogP contribution in [0.15, 0.2) is 23.5 Å². The molecule has 0 saturated carbocycles. The summed E-state index contributed by atoms with van der Waals surface area (Å²) in [7, 11) is 0. The van der Waals surface area contributed by atoms with Crippen molar-refractivity contribution in [3.05, 3.63) is 43.6 Å². The number of piperidine rings is 1. The Hall–Kier alpha value is -2.98. The van der Waals surface area contributed by atoms with Crippen LogP contribution in [-0.2, 0) is 0 Å². The van der Waals surface area contributed by atoms with Gasteiger partial charge in [-0.2, -0.15) is 0 Å². The van der Waals surface area contributed by atoms with Gasteiger partial charge in [-0.15, -0.1) is 5.01 Å². The first kappa shape index (κ1) is 16.4. The van der Waals surface area contributed by atoms with Crippen LogP contribution in [0.25, 0.3) is 0 Å². The second kappa shape index (κ2) is 6.85. The molecule has 0 aliphatic carbocycles. The van der Waals surface area contributed by atoms with Crippen LogP contribution in [0.3, 0.4) is 0 Å². The Morgan fingerprint density at radius 2 is 1.96 bits per heavy atom. The Labute approximate surface area is 130 Å². The van der Waals surface area contributed by atoms with Crippen molar-refractivity contribution in [1.82, 2.24) is 5.01 Å². The first-order valence-corrected chi connectivity index (χ1v) is 6.94. The lowest BCUT2D eigenvalue weighted by molar-refractivity contribution is -0.716. The highest BCUT2D eigenvalue weighted by Gasteiger charge is 2.26. The van der Waals surface area contributed by atoms with Crippen LogP contribution >= 0.6 is 0 Å². The molecule has 0 spiro atoms. The molecule has 1 aliphatic heterocycles. The molecule has 1 atom stereocenters. The van der Waals surface area contributed by atoms with Gasteiger partial charge in [-0.05, 0) is 32.3 Å². The van der Waals surface area contributed by atoms with Gasteiger partial charge in [0.2, 0.25) is 11.0 Å². The normalized spacial score (nSPS) is 18.6. The standard InChI is InChI=1S/C12H15N5O6/c1-9-4-2-3-7-14(9)17(22)13-23-12-6-5-10(15(18)19)8-11(12)16(20)21/h5-6,8-9H,2-4,7H2,1H3/b17-13-/t9-/m1/s1. The Kier molecular flexibility index (Phi) is 4.88. The minimum atomic E-state index is -0.837. The van der Waals surface area contributed by atoms with Crippen molar-refractivity contribution in [3.63, 3.8) is 0 Å². The second-order valence-corrected chi connectivity index (χ2v) is 5.10. The summed E-state index contributed by atoms with van der Waals surface area (Å²) >= 11 is 0. The molecule has 11 nitrogen and oxygen atoms in total. The predicted molar refractivity (Wildman–Crippen MR) is 76.5 cm³/mol. The molecule has 23 heavy (non-hydrogen) atoms. The summed E-state index contributed by atoms with van der Waals surface area (Å²) in [4.78, 5) is 25.1. The van der Waals surface area contributed by atoms with Crippen molar-refractivity contribution in [3.8, 4) is 5.75 Å². The lowest BCUT2D eigenvalue weighted by Gasteiger charge is -2.28. The number of nitro groups is 2. The van der Waals surface area contributed by atoms with Crippen LogP contribution in [0.5, 0.6) is 5.75 Å². The van der Waals surface area contributed by atoms with Crippen molar-refractivity contribution >= 4 is 11.4 Å². The lowest BCUT2D eigenvalue weighted by Crippen LogP contribution is -2.42. The molecule has 0 aromatic heterocycles. The third-order valence-corrected chi connectivity index (χ3v) is 3.55. The summed E-state index contributed by atoms with van der Waals surface area (Å²) in [5.74, 6) is -0.342. The number of nitrogens with zero attached hydrogens (tertiary/aromatic N) is 5. The van der Waals surface area contributed by atoms with Gasteiger partial charge in [-0.3, -0.25) is 25.1 Å². The topological polar surface area (TPSA) is 137 Å². The third-order valence-electron chi connectivity index (χ3n) is 3.55. The number of hydrazine groups is 1. The first-order valence-electron chi connectivity index (χ1n) is 6.94. The van der Waals surface area contributed by atoms with Gasteiger partial charge >= 0.3 is 5.69 Å². The highest BCUT2D eigenvalue weighted by Crippen LogP contribution is 2.31. The van der Waals surface area contributed by atoms with E-state index in [-0.39, 0.29) is 16.8 Å². The summed E-state index contributed by atoms with van der Waals surface area (Å²) in [6.07, 6.45) is 2.70. The molecule has 1 fully saturated rings. The second-order valence-electron chi connectivity index (χ2n) is 5.10. The van der Waals surface area contributed by atoms with E-state index in [1.54, 1.807) is 0 Å². The Balaban J connectivity index is 2.20. The molecule has 0 radical (unpaired) electrons. The maximum Gasteiger partial charge on any atom is 0.321 e. The fourth-order valence-corrected chi connectivity index (χ4v) is 2.30. The van der Waals surface area contributed by atoms with Crippen LogP contribution in [-0.4, -0.2) is 32.4 Å². The highest BCUT2D eigenvalue weighted by molar-refractivity contribution is 5.53. The number of hydrogen-bond acceptors (Lipinski definition) is 7. The monoisotopic (exact) mass is 325 g/mol. The smallest absolute Gasteiger partial charge is 0.321 e. The number of hydrogen-bond donors (Lipinski definition) is 0. The average molecular weight is 325 g/mol. The van der Waals surface area contributed by atoms with Gasteiger partial charge in [0.25, 0.3) is 5.69 Å². The summed E-state index contributed by atoms with van der Waals surface area (Å²) in [5, 5.41) is 38.3. The molecule has 1 aromatic rings. The Morgan fingerprint density at radius 3 is 2.57 bits per heavy atom. The van der Waals surface area contributed by atoms with E-state index in [0.717, 1.165) is 37.5 Å². The number of rotatable bonds is 5. The molecule has 124 valence electrons. The van der Waals surface area contributed by atoms with Crippen molar-refractivity contribution in [1.29, 1.82) is 0 Å². The molecule has 1 aliphatic rings. The van der Waals surface area contributed by atoms with E-state index in [2.05, 4.69) is 5.28 Å². The van der Waals surface area contributed by atoms with Gasteiger partial charge in [-0.25, -0.2) is 0 Å². The summed E-state index contributed by atoms with van der Waals surface area (Å²) in [6, 6.07) is 2.81. The van der Waals surface area contributed by atoms with Crippen LogP contribution < -0.4 is 4.84 Å². The van der Waals surface area contributed by atoms with E-state index in [0.29, 0.717) is 6.54 Å². The predicted octanol–water partition coefficient (Wildman–Crippen LogP) is 2.55. The molecule has 11 heteroatoms. The van der Waals surface area contributed by atoms with Crippen molar-refractivity contribution in [2.45, 2.75) is 32.2 Å². The Morgan fingerprint density at radius 1 is 1.22 bits per heavy atom. The zero-order valence-electron chi connectivity index (χ0n) is 12.3. The third kappa shape index (κ3) is 3.81. The average Bonchev–Trinajstić information content (AvgIpc) is 2.52. The zero-order valence-corrected chi connectivity index (χ0v) is 12.3. The highest BCUT2D eigenvalue weighted by atomic mass is 16.7. The van der Waals surface area contributed by atoms with E-state index in [1.165, 1.54) is 5.01 Å². The van der Waals surface area contributed by atoms with Crippen LogP contribution in [0.2, 0.25) is 0 Å². The van der Waals surface area contributed by atoms with Crippen molar-refractivity contribution in [2.24, 2.45) is 5.28 Å². The van der Waals surface area contributed by atoms with Gasteiger partial charge in [0, 0.05) is 6.07 Å². The molecule has 1 aromatic carbocycles. The molecular formula is C12H15N5O6. The van der Waals surface area contributed by atoms with E-state index in [4.69, 9.17) is 4.84 Å². The quantitative estimate of drug-likeness (QED) is 0.351. The van der Waals surface area contributed by atoms with Gasteiger partial charge in [0.05, 0.1) is 33.5 Å². The Bertz CT molecular complexity index is 649. The van der Waals surface area contributed by atoms with Crippen molar-refractivity contribution < 1.29 is 19.7 Å². The van der Waals surface area contributed by atoms with E-state index < -0.39 is 21.2 Å². The molecule has 0 N–H and O–H groups in total. The zero-order chi connectivity index (χ0) is 17.0. The first-order chi connectivity index (χ1) is 10.9. The molecule has 1 saturated heterocycles. The molecule has 0 amide bonds. The van der Waals surface area contributed by atoms with Crippen molar-refractivity contribution in [2.75, 3.05) is 6.54 Å². The van der Waals surface area contributed by atoms with Gasteiger partial charge < -0.3 is 5.21 Å². The number of non-ortho nitro benzene ring substituents is 1. The molecule has 1 heterocycles. The van der Waals surface area contributed by atoms with E-state index in [9.17, 15) is 25.4 Å². The van der Waals surface area contributed by atoms with Gasteiger partial charge in [-0.1, -0.05) is 0 Å². The van der Waals surface area contributed by atoms with E-state index >= 15 is 0 Å². The largest absolute Gasteiger partial charge is 0.569 e. The lowest BCUT2D eigenvalue weighted by atomic mass is 10.1. The maximum absolute atomic E-state index is 11.9. The van der Waals surface area contributed by atoms with Crippen LogP contribution in [0, 0.1) is 25.4 Å². The summed E-state index contributed by atoms with van der Waals surface area (Å²) in [6.45, 7) is 2.38. The maximum atomic E-state index is 11.9. The molecular weight excluding hydrogens is 310 g/mol. The minimum absolute atomic E-state index is 0.0135. The number of benzene rings is 1.